The molecule has 1 aromatic rings. The van der Waals surface area contributed by atoms with E-state index in [0.717, 1.165) is 4.47 Å². The highest BCUT2D eigenvalue weighted by molar-refractivity contribution is 9.10. The highest BCUT2D eigenvalue weighted by Crippen LogP contribution is 2.28. The fraction of sp³-hybridized carbons (Fsp3) is 0.455. The average molecular weight is 337 g/mol. The van der Waals surface area contributed by atoms with E-state index >= 15 is 0 Å². The highest BCUT2D eigenvalue weighted by atomic mass is 79.9. The van der Waals surface area contributed by atoms with Crippen LogP contribution >= 0.6 is 15.9 Å². The van der Waals surface area contributed by atoms with Crippen molar-refractivity contribution in [2.75, 3.05) is 18.4 Å². The molecular weight excluding hydrogens is 320 g/mol. The number of methoxy groups -OCH3 is 1. The Morgan fingerprint density at radius 1 is 1.39 bits per heavy atom. The van der Waals surface area contributed by atoms with E-state index in [2.05, 4.69) is 25.4 Å². The van der Waals surface area contributed by atoms with Gasteiger partial charge in [0.05, 0.1) is 12.8 Å². The predicted octanol–water partition coefficient (Wildman–Crippen LogP) is 2.36. The number of benzene rings is 1. The van der Waals surface area contributed by atoms with E-state index in [4.69, 9.17) is 4.74 Å². The standard InChI is InChI=1S/C11H17BrN2O3S/c1-8(2)7-13-18(15,16)14-10-6-9(12)4-5-11(10)17-3/h4-6,8,13-14H,7H2,1-3H3. The maximum Gasteiger partial charge on any atom is 0.299 e. The SMILES string of the molecule is COc1ccc(Br)cc1NS(=O)(=O)NCC(C)C. The number of ether oxygens (including phenoxy) is 1. The lowest BCUT2D eigenvalue weighted by atomic mass is 10.2. The van der Waals surface area contributed by atoms with Crippen molar-refractivity contribution in [3.8, 4) is 5.75 Å². The molecular formula is C11H17BrN2O3S. The lowest BCUT2D eigenvalue weighted by Crippen LogP contribution is -2.33. The van der Waals surface area contributed by atoms with E-state index < -0.39 is 10.2 Å². The summed E-state index contributed by atoms with van der Waals surface area (Å²) in [4.78, 5) is 0. The van der Waals surface area contributed by atoms with Crippen LogP contribution in [0.2, 0.25) is 0 Å². The maximum atomic E-state index is 11.8. The van der Waals surface area contributed by atoms with E-state index in [9.17, 15) is 8.42 Å². The summed E-state index contributed by atoms with van der Waals surface area (Å²) in [6.45, 7) is 4.25. The molecule has 2 N–H and O–H groups in total. The summed E-state index contributed by atoms with van der Waals surface area (Å²) in [6, 6.07) is 5.11. The van der Waals surface area contributed by atoms with Gasteiger partial charge >= 0.3 is 0 Å². The minimum absolute atomic E-state index is 0.242. The van der Waals surface area contributed by atoms with Gasteiger partial charge in [0, 0.05) is 11.0 Å². The number of halogens is 1. The Kier molecular flexibility index (Phi) is 5.43. The molecule has 1 aromatic carbocycles. The molecule has 0 radical (unpaired) electrons. The normalized spacial score (nSPS) is 11.6. The van der Waals surface area contributed by atoms with Gasteiger partial charge in [0.15, 0.2) is 0 Å². The van der Waals surface area contributed by atoms with Crippen molar-refractivity contribution < 1.29 is 13.2 Å². The summed E-state index contributed by atoms with van der Waals surface area (Å²) in [6.07, 6.45) is 0. The summed E-state index contributed by atoms with van der Waals surface area (Å²) < 4.78 is 34.4. The molecule has 5 nitrogen and oxygen atoms in total. The van der Waals surface area contributed by atoms with Crippen LogP contribution in [-0.2, 0) is 10.2 Å². The number of hydrogen-bond donors (Lipinski definition) is 2. The second-order valence-corrected chi connectivity index (χ2v) is 6.61. The molecule has 0 amide bonds. The van der Waals surface area contributed by atoms with E-state index in [1.807, 2.05) is 13.8 Å². The molecule has 0 aliphatic heterocycles. The van der Waals surface area contributed by atoms with Crippen LogP contribution in [0.15, 0.2) is 22.7 Å². The minimum Gasteiger partial charge on any atom is -0.495 e. The minimum atomic E-state index is -3.58. The Morgan fingerprint density at radius 2 is 2.06 bits per heavy atom. The van der Waals surface area contributed by atoms with E-state index in [-0.39, 0.29) is 5.92 Å². The van der Waals surface area contributed by atoms with Crippen LogP contribution < -0.4 is 14.2 Å². The Morgan fingerprint density at radius 3 is 2.61 bits per heavy atom. The van der Waals surface area contributed by atoms with Crippen LogP contribution in [0.3, 0.4) is 0 Å². The Labute approximate surface area is 116 Å². The molecule has 1 rings (SSSR count). The molecule has 18 heavy (non-hydrogen) atoms. The van der Waals surface area contributed by atoms with Gasteiger partial charge in [-0.05, 0) is 24.1 Å². The fourth-order valence-electron chi connectivity index (χ4n) is 1.22. The van der Waals surface area contributed by atoms with Crippen LogP contribution in [0.25, 0.3) is 0 Å². The molecule has 0 fully saturated rings. The van der Waals surface area contributed by atoms with Gasteiger partial charge in [0.1, 0.15) is 5.75 Å². The first-order valence-corrected chi connectivity index (χ1v) is 7.72. The van der Waals surface area contributed by atoms with Crippen LogP contribution in [0.5, 0.6) is 5.75 Å². The Hall–Kier alpha value is -0.790. The molecule has 0 aromatic heterocycles. The highest BCUT2D eigenvalue weighted by Gasteiger charge is 2.13. The zero-order chi connectivity index (χ0) is 13.8. The fourth-order valence-corrected chi connectivity index (χ4v) is 2.65. The zero-order valence-electron chi connectivity index (χ0n) is 10.5. The third-order valence-corrected chi connectivity index (χ3v) is 3.62. The van der Waals surface area contributed by atoms with Gasteiger partial charge in [-0.25, -0.2) is 0 Å². The predicted molar refractivity (Wildman–Crippen MR) is 76.1 cm³/mol. The summed E-state index contributed by atoms with van der Waals surface area (Å²) >= 11 is 3.28. The molecule has 0 saturated carbocycles. The van der Waals surface area contributed by atoms with Crippen LogP contribution in [0, 0.1) is 5.92 Å². The van der Waals surface area contributed by atoms with Crippen molar-refractivity contribution in [3.63, 3.8) is 0 Å². The lowest BCUT2D eigenvalue weighted by Gasteiger charge is -2.13. The molecule has 0 bridgehead atoms. The van der Waals surface area contributed by atoms with Gasteiger partial charge in [0.25, 0.3) is 10.2 Å². The topological polar surface area (TPSA) is 67.4 Å². The summed E-state index contributed by atoms with van der Waals surface area (Å²) in [7, 11) is -2.09. The van der Waals surface area contributed by atoms with Crippen molar-refractivity contribution >= 4 is 31.8 Å². The van der Waals surface area contributed by atoms with Crippen LogP contribution in [0.4, 0.5) is 5.69 Å². The van der Waals surface area contributed by atoms with Gasteiger partial charge in [-0.2, -0.15) is 13.1 Å². The van der Waals surface area contributed by atoms with Crippen molar-refractivity contribution in [2.45, 2.75) is 13.8 Å². The molecule has 0 saturated heterocycles. The third-order valence-electron chi connectivity index (χ3n) is 2.09. The van der Waals surface area contributed by atoms with Crippen molar-refractivity contribution in [1.29, 1.82) is 0 Å². The third kappa shape index (κ3) is 4.83. The zero-order valence-corrected chi connectivity index (χ0v) is 12.9. The molecule has 0 heterocycles. The summed E-state index contributed by atoms with van der Waals surface area (Å²) in [5.74, 6) is 0.708. The van der Waals surface area contributed by atoms with Crippen molar-refractivity contribution in [2.24, 2.45) is 5.92 Å². The first-order chi connectivity index (χ1) is 8.34. The summed E-state index contributed by atoms with van der Waals surface area (Å²) in [5, 5.41) is 0. The quantitative estimate of drug-likeness (QED) is 0.837. The molecule has 0 unspecified atom stereocenters. The first-order valence-electron chi connectivity index (χ1n) is 5.45. The average Bonchev–Trinajstić information content (AvgIpc) is 2.26. The van der Waals surface area contributed by atoms with E-state index in [1.54, 1.807) is 18.2 Å². The molecule has 0 aliphatic carbocycles. The van der Waals surface area contributed by atoms with Gasteiger partial charge in [-0.3, -0.25) is 4.72 Å². The number of hydrogen-bond acceptors (Lipinski definition) is 3. The molecule has 0 aliphatic rings. The first kappa shape index (κ1) is 15.3. The smallest absolute Gasteiger partial charge is 0.299 e. The largest absolute Gasteiger partial charge is 0.495 e. The number of nitrogens with one attached hydrogen (secondary N) is 2. The number of anilines is 1. The van der Waals surface area contributed by atoms with Gasteiger partial charge in [0.2, 0.25) is 0 Å². The van der Waals surface area contributed by atoms with Crippen molar-refractivity contribution in [3.05, 3.63) is 22.7 Å². The van der Waals surface area contributed by atoms with Gasteiger partial charge in [-0.15, -0.1) is 0 Å². The lowest BCUT2D eigenvalue weighted by molar-refractivity contribution is 0.416. The van der Waals surface area contributed by atoms with Gasteiger partial charge < -0.3 is 4.74 Å². The summed E-state index contributed by atoms with van der Waals surface area (Å²) in [5.41, 5.74) is 0.392. The van der Waals surface area contributed by atoms with Gasteiger partial charge in [-0.1, -0.05) is 29.8 Å². The van der Waals surface area contributed by atoms with E-state index in [1.165, 1.54) is 7.11 Å². The van der Waals surface area contributed by atoms with E-state index in [0.29, 0.717) is 18.0 Å². The molecule has 0 atom stereocenters. The van der Waals surface area contributed by atoms with Crippen molar-refractivity contribution in [1.82, 2.24) is 4.72 Å². The Balaban J connectivity index is 2.86. The monoisotopic (exact) mass is 336 g/mol. The maximum absolute atomic E-state index is 11.8. The molecule has 102 valence electrons. The molecule has 7 heteroatoms. The Bertz CT molecular complexity index is 503. The second kappa shape index (κ2) is 6.40. The van der Waals surface area contributed by atoms with Crippen LogP contribution in [-0.4, -0.2) is 22.1 Å². The molecule has 0 spiro atoms. The van der Waals surface area contributed by atoms with Crippen LogP contribution in [0.1, 0.15) is 13.8 Å². The number of rotatable bonds is 6. The second-order valence-electron chi connectivity index (χ2n) is 4.19.